The number of rotatable bonds is 1. The third kappa shape index (κ3) is 1.49. The number of fused-ring (bicyclic) bond motifs is 1. The lowest BCUT2D eigenvalue weighted by Crippen LogP contribution is -2.13. The minimum absolute atomic E-state index is 0.283. The van der Waals surface area contributed by atoms with Gasteiger partial charge < -0.3 is 0 Å². The van der Waals surface area contributed by atoms with Crippen LogP contribution in [0.1, 0.15) is 25.0 Å². The zero-order valence-electron chi connectivity index (χ0n) is 8.53. The molecule has 0 saturated carbocycles. The highest BCUT2D eigenvalue weighted by atomic mass is 19.1. The highest BCUT2D eigenvalue weighted by molar-refractivity contribution is 5.68. The summed E-state index contributed by atoms with van der Waals surface area (Å²) in [5.41, 5.74) is 9.77. The number of benzene rings is 1. The summed E-state index contributed by atoms with van der Waals surface area (Å²) in [7, 11) is 0. The molecule has 1 aliphatic rings. The number of halogens is 1. The van der Waals surface area contributed by atoms with Gasteiger partial charge >= 0.3 is 0 Å². The molecule has 0 N–H and O–H groups in total. The SMILES string of the molecule is CC1(C)C=Cc2cc(N=[N+]=[N-])cc(F)c21. The second-order valence-electron chi connectivity index (χ2n) is 4.14. The molecule has 1 aromatic rings. The molecule has 1 aromatic carbocycles. The third-order valence-electron chi connectivity index (χ3n) is 2.59. The summed E-state index contributed by atoms with van der Waals surface area (Å²) < 4.78 is 13.7. The van der Waals surface area contributed by atoms with E-state index in [4.69, 9.17) is 5.53 Å². The fourth-order valence-electron chi connectivity index (χ4n) is 1.92. The predicted molar refractivity (Wildman–Crippen MR) is 57.3 cm³/mol. The van der Waals surface area contributed by atoms with Gasteiger partial charge in [0.25, 0.3) is 0 Å². The Balaban J connectivity index is 2.65. The maximum absolute atomic E-state index is 13.7. The minimum atomic E-state index is -0.315. The van der Waals surface area contributed by atoms with Crippen LogP contribution < -0.4 is 0 Å². The topological polar surface area (TPSA) is 48.8 Å². The van der Waals surface area contributed by atoms with E-state index in [0.717, 1.165) is 5.56 Å². The van der Waals surface area contributed by atoms with Gasteiger partial charge in [-0.15, -0.1) is 0 Å². The van der Waals surface area contributed by atoms with Crippen molar-refractivity contribution < 1.29 is 4.39 Å². The van der Waals surface area contributed by atoms with E-state index in [1.165, 1.54) is 6.07 Å². The fourth-order valence-corrected chi connectivity index (χ4v) is 1.92. The molecule has 0 amide bonds. The Morgan fingerprint density at radius 2 is 2.13 bits per heavy atom. The lowest BCUT2D eigenvalue weighted by molar-refractivity contribution is 0.564. The van der Waals surface area contributed by atoms with Crippen molar-refractivity contribution in [1.82, 2.24) is 0 Å². The van der Waals surface area contributed by atoms with Crippen molar-refractivity contribution in [3.05, 3.63) is 45.6 Å². The van der Waals surface area contributed by atoms with Crippen LogP contribution in [0.25, 0.3) is 16.5 Å². The van der Waals surface area contributed by atoms with E-state index in [9.17, 15) is 4.39 Å². The second-order valence-corrected chi connectivity index (χ2v) is 4.14. The first-order chi connectivity index (χ1) is 7.04. The van der Waals surface area contributed by atoms with E-state index in [-0.39, 0.29) is 11.2 Å². The number of nitrogens with zero attached hydrogens (tertiary/aromatic N) is 3. The Morgan fingerprint density at radius 3 is 2.80 bits per heavy atom. The van der Waals surface area contributed by atoms with Crippen molar-refractivity contribution in [3.8, 4) is 0 Å². The van der Waals surface area contributed by atoms with Gasteiger partial charge in [-0.05, 0) is 23.2 Å². The van der Waals surface area contributed by atoms with Crippen molar-refractivity contribution >= 4 is 11.8 Å². The maximum Gasteiger partial charge on any atom is 0.128 e. The molecule has 0 aliphatic heterocycles. The molecule has 4 heteroatoms. The van der Waals surface area contributed by atoms with Gasteiger partial charge in [-0.3, -0.25) is 0 Å². The molecule has 0 atom stereocenters. The summed E-state index contributed by atoms with van der Waals surface area (Å²) in [5.74, 6) is -0.315. The van der Waals surface area contributed by atoms with Gasteiger partial charge in [0, 0.05) is 21.6 Å². The quantitative estimate of drug-likeness (QED) is 0.375. The monoisotopic (exact) mass is 203 g/mol. The van der Waals surface area contributed by atoms with Gasteiger partial charge in [0.05, 0.1) is 0 Å². The van der Waals surface area contributed by atoms with E-state index in [1.807, 2.05) is 26.0 Å². The Labute approximate surface area is 86.9 Å². The van der Waals surface area contributed by atoms with Crippen molar-refractivity contribution in [2.75, 3.05) is 0 Å². The van der Waals surface area contributed by atoms with Gasteiger partial charge in [0.15, 0.2) is 0 Å². The molecule has 76 valence electrons. The fraction of sp³-hybridized carbons (Fsp3) is 0.273. The third-order valence-corrected chi connectivity index (χ3v) is 2.59. The molecule has 0 fully saturated rings. The molecular weight excluding hydrogens is 193 g/mol. The number of azide groups is 1. The molecule has 0 unspecified atom stereocenters. The molecule has 0 radical (unpaired) electrons. The average molecular weight is 203 g/mol. The van der Waals surface area contributed by atoms with Crippen LogP contribution in [0, 0.1) is 5.82 Å². The number of allylic oxidation sites excluding steroid dienone is 1. The largest absolute Gasteiger partial charge is 0.207 e. The van der Waals surface area contributed by atoms with Crippen molar-refractivity contribution in [3.63, 3.8) is 0 Å². The molecular formula is C11H10FN3. The summed E-state index contributed by atoms with van der Waals surface area (Å²) in [4.78, 5) is 2.64. The Bertz CT molecular complexity index is 497. The average Bonchev–Trinajstić information content (AvgIpc) is 2.43. The second kappa shape index (κ2) is 3.11. The molecule has 0 saturated heterocycles. The van der Waals surface area contributed by atoms with Crippen molar-refractivity contribution in [2.45, 2.75) is 19.3 Å². The van der Waals surface area contributed by atoms with Crippen LogP contribution in [-0.2, 0) is 5.41 Å². The van der Waals surface area contributed by atoms with Gasteiger partial charge in [0.1, 0.15) is 5.82 Å². The van der Waals surface area contributed by atoms with Crippen LogP contribution in [0.15, 0.2) is 23.3 Å². The Hall–Kier alpha value is -1.80. The summed E-state index contributed by atoms with van der Waals surface area (Å²) >= 11 is 0. The zero-order valence-corrected chi connectivity index (χ0v) is 8.53. The Morgan fingerprint density at radius 1 is 1.40 bits per heavy atom. The molecule has 1 aliphatic carbocycles. The van der Waals surface area contributed by atoms with Crippen LogP contribution in [0.2, 0.25) is 0 Å². The molecule has 0 aromatic heterocycles. The highest BCUT2D eigenvalue weighted by Crippen LogP contribution is 2.39. The summed E-state index contributed by atoms with van der Waals surface area (Å²) in [6, 6.07) is 2.97. The van der Waals surface area contributed by atoms with Gasteiger partial charge in [-0.25, -0.2) is 4.39 Å². The van der Waals surface area contributed by atoms with Crippen LogP contribution in [-0.4, -0.2) is 0 Å². The van der Waals surface area contributed by atoms with Crippen molar-refractivity contribution in [1.29, 1.82) is 0 Å². The highest BCUT2D eigenvalue weighted by Gasteiger charge is 2.28. The molecule has 3 nitrogen and oxygen atoms in total. The van der Waals surface area contributed by atoms with Gasteiger partial charge in [-0.2, -0.15) is 0 Å². The molecule has 0 heterocycles. The van der Waals surface area contributed by atoms with Crippen LogP contribution in [0.4, 0.5) is 10.1 Å². The normalized spacial score (nSPS) is 15.9. The van der Waals surface area contributed by atoms with Crippen LogP contribution in [0.5, 0.6) is 0 Å². The van der Waals surface area contributed by atoms with E-state index >= 15 is 0 Å². The number of hydrogen-bond acceptors (Lipinski definition) is 1. The summed E-state index contributed by atoms with van der Waals surface area (Å²) in [6.07, 6.45) is 3.80. The molecule has 15 heavy (non-hydrogen) atoms. The van der Waals surface area contributed by atoms with Crippen LogP contribution in [0.3, 0.4) is 0 Å². The standard InChI is InChI=1S/C11H10FN3/c1-11(2)4-3-7-5-8(14-15-13)6-9(12)10(7)11/h3-6H,1-2H3. The lowest BCUT2D eigenvalue weighted by atomic mass is 9.86. The van der Waals surface area contributed by atoms with Crippen molar-refractivity contribution in [2.24, 2.45) is 5.11 Å². The molecule has 2 rings (SSSR count). The molecule has 0 spiro atoms. The zero-order chi connectivity index (χ0) is 11.1. The minimum Gasteiger partial charge on any atom is -0.207 e. The predicted octanol–water partition coefficient (Wildman–Crippen LogP) is 4.07. The van der Waals surface area contributed by atoms with Crippen LogP contribution >= 0.6 is 0 Å². The van der Waals surface area contributed by atoms with Gasteiger partial charge in [0.2, 0.25) is 0 Å². The molecule has 0 bridgehead atoms. The summed E-state index contributed by atoms with van der Waals surface area (Å²) in [5, 5.41) is 3.40. The first kappa shape index (κ1) is 9.74. The number of hydrogen-bond donors (Lipinski definition) is 0. The smallest absolute Gasteiger partial charge is 0.128 e. The first-order valence-electron chi connectivity index (χ1n) is 4.63. The lowest BCUT2D eigenvalue weighted by Gasteiger charge is -2.18. The maximum atomic E-state index is 13.7. The Kier molecular flexibility index (Phi) is 2.02. The van der Waals surface area contributed by atoms with E-state index < -0.39 is 0 Å². The van der Waals surface area contributed by atoms with Gasteiger partial charge in [-0.1, -0.05) is 31.1 Å². The summed E-state index contributed by atoms with van der Waals surface area (Å²) in [6.45, 7) is 3.90. The van der Waals surface area contributed by atoms with E-state index in [0.29, 0.717) is 11.3 Å². The van der Waals surface area contributed by atoms with E-state index in [2.05, 4.69) is 10.0 Å². The first-order valence-corrected chi connectivity index (χ1v) is 4.63. The van der Waals surface area contributed by atoms with E-state index in [1.54, 1.807) is 6.07 Å².